The molecule has 2 aliphatic heterocycles. The molecule has 2 amide bonds. The lowest BCUT2D eigenvalue weighted by Crippen LogP contribution is -2.47. The van der Waals surface area contributed by atoms with Crippen molar-refractivity contribution in [2.24, 2.45) is 0 Å². The van der Waals surface area contributed by atoms with Gasteiger partial charge in [0.2, 0.25) is 5.91 Å². The third kappa shape index (κ3) is 5.14. The van der Waals surface area contributed by atoms with Crippen molar-refractivity contribution in [3.8, 4) is 5.75 Å². The summed E-state index contributed by atoms with van der Waals surface area (Å²) in [6.45, 7) is 3.26. The Morgan fingerprint density at radius 1 is 1.32 bits per heavy atom. The van der Waals surface area contributed by atoms with Crippen LogP contribution in [0, 0.1) is 0 Å². The molecule has 1 aromatic carbocycles. The Labute approximate surface area is 165 Å². The van der Waals surface area contributed by atoms with Crippen LogP contribution in [0.4, 0.5) is 5.69 Å². The lowest BCUT2D eigenvalue weighted by atomic mass is 10.0. The van der Waals surface area contributed by atoms with Crippen LogP contribution in [0.1, 0.15) is 29.6 Å². The van der Waals surface area contributed by atoms with Gasteiger partial charge in [0.1, 0.15) is 12.4 Å². The largest absolute Gasteiger partial charge is 0.489 e. The van der Waals surface area contributed by atoms with E-state index in [0.717, 1.165) is 37.4 Å². The average molecular weight is 390 g/mol. The van der Waals surface area contributed by atoms with Crippen molar-refractivity contribution in [1.29, 1.82) is 0 Å². The number of hydrogen-bond donors (Lipinski definition) is 3. The number of piperidine rings is 1. The molecule has 1 unspecified atom stereocenters. The van der Waals surface area contributed by atoms with Gasteiger partial charge >= 0.3 is 0 Å². The van der Waals surface area contributed by atoms with Crippen molar-refractivity contribution in [3.05, 3.63) is 23.8 Å². The van der Waals surface area contributed by atoms with Gasteiger partial charge in [0, 0.05) is 32.3 Å². The monoisotopic (exact) mass is 390 g/mol. The number of hydrogen-bond acceptors (Lipinski definition) is 6. The Morgan fingerprint density at radius 2 is 2.11 bits per heavy atom. The van der Waals surface area contributed by atoms with Gasteiger partial charge in [-0.3, -0.25) is 9.59 Å². The third-order valence-corrected chi connectivity index (χ3v) is 5.30. The van der Waals surface area contributed by atoms with E-state index in [9.17, 15) is 9.59 Å². The van der Waals surface area contributed by atoms with E-state index in [1.54, 1.807) is 13.2 Å². The van der Waals surface area contributed by atoms with Crippen molar-refractivity contribution in [3.63, 3.8) is 0 Å². The van der Waals surface area contributed by atoms with E-state index in [2.05, 4.69) is 16.0 Å². The SMILES string of the molecule is COCCNC(=O)c1ccc2c(c1)N(C)C(CC(=O)NC1CCNCC1)CO2. The highest BCUT2D eigenvalue weighted by Crippen LogP contribution is 2.34. The molecule has 1 fully saturated rings. The fourth-order valence-electron chi connectivity index (χ4n) is 3.58. The predicted octanol–water partition coefficient (Wildman–Crippen LogP) is 0.518. The molecule has 0 saturated carbocycles. The number of carbonyl (C=O) groups is 2. The molecule has 1 saturated heterocycles. The first kappa shape index (κ1) is 20.4. The molecule has 154 valence electrons. The number of anilines is 1. The van der Waals surface area contributed by atoms with Gasteiger partial charge in [0.05, 0.1) is 24.8 Å². The molecule has 8 heteroatoms. The molecule has 3 rings (SSSR count). The molecule has 1 aromatic rings. The fourth-order valence-corrected chi connectivity index (χ4v) is 3.58. The van der Waals surface area contributed by atoms with Crippen molar-refractivity contribution in [2.45, 2.75) is 31.3 Å². The minimum absolute atomic E-state index is 0.0456. The molecular formula is C20H30N4O4. The fraction of sp³-hybridized carbons (Fsp3) is 0.600. The number of rotatable bonds is 7. The number of methoxy groups -OCH3 is 1. The number of fused-ring (bicyclic) bond motifs is 1. The molecule has 0 aliphatic carbocycles. The van der Waals surface area contributed by atoms with Crippen molar-refractivity contribution < 1.29 is 19.1 Å². The molecular weight excluding hydrogens is 360 g/mol. The topological polar surface area (TPSA) is 91.9 Å². The first-order valence-corrected chi connectivity index (χ1v) is 9.85. The summed E-state index contributed by atoms with van der Waals surface area (Å²) in [7, 11) is 3.54. The number of carbonyl (C=O) groups excluding carboxylic acids is 2. The first-order valence-electron chi connectivity index (χ1n) is 9.85. The molecule has 0 bridgehead atoms. The van der Waals surface area contributed by atoms with Gasteiger partial charge in [-0.15, -0.1) is 0 Å². The number of nitrogens with one attached hydrogen (secondary N) is 3. The smallest absolute Gasteiger partial charge is 0.251 e. The lowest BCUT2D eigenvalue weighted by molar-refractivity contribution is -0.122. The maximum atomic E-state index is 12.5. The number of amides is 2. The van der Waals surface area contributed by atoms with Gasteiger partial charge in [-0.25, -0.2) is 0 Å². The zero-order chi connectivity index (χ0) is 19.9. The quantitative estimate of drug-likeness (QED) is 0.588. The number of likely N-dealkylation sites (N-methyl/N-ethyl adjacent to an activating group) is 1. The third-order valence-electron chi connectivity index (χ3n) is 5.30. The van der Waals surface area contributed by atoms with Crippen molar-refractivity contribution >= 4 is 17.5 Å². The van der Waals surface area contributed by atoms with Gasteiger partial charge in [0.15, 0.2) is 0 Å². The Kier molecular flexibility index (Phi) is 7.11. The van der Waals surface area contributed by atoms with Crippen LogP contribution in [0.15, 0.2) is 18.2 Å². The van der Waals surface area contributed by atoms with Gasteiger partial charge in [-0.2, -0.15) is 0 Å². The van der Waals surface area contributed by atoms with Gasteiger partial charge in [0.25, 0.3) is 5.91 Å². The Hall–Kier alpha value is -2.32. The van der Waals surface area contributed by atoms with E-state index in [0.29, 0.717) is 31.7 Å². The molecule has 3 N–H and O–H groups in total. The van der Waals surface area contributed by atoms with Crippen molar-refractivity contribution in [2.75, 3.05) is 51.9 Å². The molecule has 0 aromatic heterocycles. The minimum Gasteiger partial charge on any atom is -0.489 e. The Bertz CT molecular complexity index is 691. The second kappa shape index (κ2) is 9.75. The molecule has 0 radical (unpaired) electrons. The minimum atomic E-state index is -0.154. The van der Waals surface area contributed by atoms with Crippen LogP contribution in [-0.4, -0.2) is 70.9 Å². The standard InChI is InChI=1S/C20H30N4O4/c1-24-16(12-19(25)23-15-5-7-21-8-6-15)13-28-18-4-3-14(11-17(18)24)20(26)22-9-10-27-2/h3-4,11,15-16,21H,5-10,12-13H2,1-2H3,(H,22,26)(H,23,25). The van der Waals surface area contributed by atoms with E-state index < -0.39 is 0 Å². The van der Waals surface area contributed by atoms with Gasteiger partial charge in [-0.05, 0) is 44.1 Å². The number of ether oxygens (including phenoxy) is 2. The molecule has 2 aliphatic rings. The molecule has 8 nitrogen and oxygen atoms in total. The summed E-state index contributed by atoms with van der Waals surface area (Å²) in [5, 5.41) is 9.25. The summed E-state index contributed by atoms with van der Waals surface area (Å²) in [5.41, 5.74) is 1.38. The van der Waals surface area contributed by atoms with E-state index in [1.807, 2.05) is 24.1 Å². The number of nitrogens with zero attached hydrogens (tertiary/aromatic N) is 1. The summed E-state index contributed by atoms with van der Waals surface area (Å²) >= 11 is 0. The number of benzene rings is 1. The Morgan fingerprint density at radius 3 is 2.86 bits per heavy atom. The molecule has 28 heavy (non-hydrogen) atoms. The Balaban J connectivity index is 1.60. The average Bonchev–Trinajstić information content (AvgIpc) is 2.71. The molecule has 2 heterocycles. The van der Waals surface area contributed by atoms with Crippen LogP contribution in [0.5, 0.6) is 5.75 Å². The second-order valence-corrected chi connectivity index (χ2v) is 7.30. The summed E-state index contributed by atoms with van der Waals surface area (Å²) in [6, 6.07) is 5.55. The van der Waals surface area contributed by atoms with Crippen LogP contribution < -0.4 is 25.6 Å². The highest BCUT2D eigenvalue weighted by molar-refractivity contribution is 5.95. The predicted molar refractivity (Wildman–Crippen MR) is 107 cm³/mol. The second-order valence-electron chi connectivity index (χ2n) is 7.30. The van der Waals surface area contributed by atoms with Gasteiger partial charge < -0.3 is 30.3 Å². The van der Waals surface area contributed by atoms with E-state index in [4.69, 9.17) is 9.47 Å². The van der Waals surface area contributed by atoms with E-state index in [1.165, 1.54) is 0 Å². The summed E-state index contributed by atoms with van der Waals surface area (Å²) < 4.78 is 10.8. The van der Waals surface area contributed by atoms with E-state index >= 15 is 0 Å². The van der Waals surface area contributed by atoms with Crippen molar-refractivity contribution in [1.82, 2.24) is 16.0 Å². The lowest BCUT2D eigenvalue weighted by Gasteiger charge is -2.36. The summed E-state index contributed by atoms with van der Waals surface area (Å²) in [4.78, 5) is 26.8. The summed E-state index contributed by atoms with van der Waals surface area (Å²) in [5.74, 6) is 0.620. The van der Waals surface area contributed by atoms with E-state index in [-0.39, 0.29) is 23.9 Å². The maximum absolute atomic E-state index is 12.5. The first-order chi connectivity index (χ1) is 13.6. The molecule has 1 atom stereocenters. The van der Waals surface area contributed by atoms with Crippen LogP contribution in [0.25, 0.3) is 0 Å². The normalized spacial score (nSPS) is 19.5. The van der Waals surface area contributed by atoms with Gasteiger partial charge in [-0.1, -0.05) is 0 Å². The van der Waals surface area contributed by atoms with Crippen LogP contribution in [0.2, 0.25) is 0 Å². The summed E-state index contributed by atoms with van der Waals surface area (Å²) in [6.07, 6.45) is 2.30. The maximum Gasteiger partial charge on any atom is 0.251 e. The zero-order valence-electron chi connectivity index (χ0n) is 16.6. The van der Waals surface area contributed by atoms with Crippen LogP contribution in [0.3, 0.4) is 0 Å². The van der Waals surface area contributed by atoms with Crippen LogP contribution >= 0.6 is 0 Å². The highest BCUT2D eigenvalue weighted by Gasteiger charge is 2.28. The zero-order valence-corrected chi connectivity index (χ0v) is 16.6. The van der Waals surface area contributed by atoms with Crippen LogP contribution in [-0.2, 0) is 9.53 Å². The molecule has 0 spiro atoms. The highest BCUT2D eigenvalue weighted by atomic mass is 16.5.